The van der Waals surface area contributed by atoms with Gasteiger partial charge in [-0.1, -0.05) is 24.3 Å². The highest BCUT2D eigenvalue weighted by Crippen LogP contribution is 2.32. The summed E-state index contributed by atoms with van der Waals surface area (Å²) in [6.07, 6.45) is 7.20. The van der Waals surface area contributed by atoms with E-state index in [4.69, 9.17) is 0 Å². The number of carbonyl (C=O) groups excluding carboxylic acids is 1. The Hall–Kier alpha value is -2.46. The molecule has 0 saturated heterocycles. The lowest BCUT2D eigenvalue weighted by Crippen LogP contribution is -2.19. The number of hydrogen-bond donors (Lipinski definition) is 1. The minimum atomic E-state index is -0.333. The van der Waals surface area contributed by atoms with Gasteiger partial charge >= 0.3 is 5.97 Å². The van der Waals surface area contributed by atoms with E-state index in [0.717, 1.165) is 30.6 Å². The van der Waals surface area contributed by atoms with E-state index in [1.54, 1.807) is 6.08 Å². The van der Waals surface area contributed by atoms with Crippen molar-refractivity contribution < 1.29 is 9.53 Å². The highest BCUT2D eigenvalue weighted by molar-refractivity contribution is 5.86. The first kappa shape index (κ1) is 15.4. The molecule has 0 aliphatic heterocycles. The van der Waals surface area contributed by atoms with Gasteiger partial charge in [-0.25, -0.2) is 4.79 Å². The van der Waals surface area contributed by atoms with Gasteiger partial charge in [-0.15, -0.1) is 0 Å². The third-order valence-corrected chi connectivity index (χ3v) is 4.11. The van der Waals surface area contributed by atoms with Crippen molar-refractivity contribution in [2.45, 2.75) is 25.4 Å². The summed E-state index contributed by atoms with van der Waals surface area (Å²) in [5.74, 6) is -0.333. The Morgan fingerprint density at radius 1 is 1.39 bits per heavy atom. The van der Waals surface area contributed by atoms with Gasteiger partial charge in [-0.05, 0) is 47.7 Å². The quantitative estimate of drug-likeness (QED) is 0.681. The van der Waals surface area contributed by atoms with Crippen molar-refractivity contribution in [3.05, 3.63) is 71.1 Å². The van der Waals surface area contributed by atoms with Crippen LogP contribution in [0.15, 0.2) is 48.7 Å². The summed E-state index contributed by atoms with van der Waals surface area (Å²) >= 11 is 0. The van der Waals surface area contributed by atoms with Crippen LogP contribution in [0.1, 0.15) is 34.8 Å². The van der Waals surface area contributed by atoms with Gasteiger partial charge < -0.3 is 10.1 Å². The summed E-state index contributed by atoms with van der Waals surface area (Å²) < 4.78 is 4.61. The van der Waals surface area contributed by atoms with Crippen LogP contribution in [-0.2, 0) is 22.5 Å². The van der Waals surface area contributed by atoms with Crippen LogP contribution in [0.2, 0.25) is 0 Å². The van der Waals surface area contributed by atoms with Crippen molar-refractivity contribution in [2.24, 2.45) is 0 Å². The van der Waals surface area contributed by atoms with Crippen molar-refractivity contribution in [1.29, 1.82) is 0 Å². The van der Waals surface area contributed by atoms with Crippen LogP contribution >= 0.6 is 0 Å². The molecular formula is C19H20N2O2. The number of aromatic nitrogens is 1. The van der Waals surface area contributed by atoms with E-state index in [2.05, 4.69) is 27.2 Å². The van der Waals surface area contributed by atoms with Crippen LogP contribution in [0, 0.1) is 0 Å². The standard InChI is InChI=1S/C19H20N2O2/c1-23-19(22)10-6-14-5-8-17-15(12-14)7-9-18(17)21-13-16-4-2-3-11-20-16/h2-6,8,10-12,18,21H,7,9,13H2,1H3/b10-6+. The Balaban J connectivity index is 1.66. The third kappa shape index (κ3) is 3.85. The number of carbonyl (C=O) groups is 1. The fraction of sp³-hybridized carbons (Fsp3) is 0.263. The van der Waals surface area contributed by atoms with Crippen LogP contribution in [0.25, 0.3) is 6.08 Å². The minimum Gasteiger partial charge on any atom is -0.466 e. The molecule has 1 aromatic heterocycles. The van der Waals surface area contributed by atoms with E-state index < -0.39 is 0 Å². The van der Waals surface area contributed by atoms with Crippen LogP contribution in [0.4, 0.5) is 0 Å². The lowest BCUT2D eigenvalue weighted by atomic mass is 10.0. The lowest BCUT2D eigenvalue weighted by molar-refractivity contribution is -0.134. The number of fused-ring (bicyclic) bond motifs is 1. The first-order valence-corrected chi connectivity index (χ1v) is 7.78. The maximum absolute atomic E-state index is 11.2. The molecule has 23 heavy (non-hydrogen) atoms. The maximum Gasteiger partial charge on any atom is 0.330 e. The molecule has 0 fully saturated rings. The molecule has 2 aromatic rings. The monoisotopic (exact) mass is 308 g/mol. The fourth-order valence-corrected chi connectivity index (χ4v) is 2.92. The minimum absolute atomic E-state index is 0.333. The number of methoxy groups -OCH3 is 1. The number of rotatable bonds is 5. The van der Waals surface area contributed by atoms with E-state index in [-0.39, 0.29) is 5.97 Å². The van der Waals surface area contributed by atoms with E-state index in [9.17, 15) is 4.79 Å². The van der Waals surface area contributed by atoms with E-state index in [1.165, 1.54) is 24.3 Å². The molecule has 1 aliphatic carbocycles. The normalized spacial score (nSPS) is 16.5. The molecule has 1 aliphatic rings. The van der Waals surface area contributed by atoms with Crippen molar-refractivity contribution in [2.75, 3.05) is 7.11 Å². The second kappa shape index (κ2) is 7.20. The predicted molar refractivity (Wildman–Crippen MR) is 89.6 cm³/mol. The molecule has 0 bridgehead atoms. The van der Waals surface area contributed by atoms with E-state index in [1.807, 2.05) is 30.5 Å². The van der Waals surface area contributed by atoms with Gasteiger partial charge in [0, 0.05) is 24.9 Å². The number of ether oxygens (including phenoxy) is 1. The summed E-state index contributed by atoms with van der Waals surface area (Å²) in [6.45, 7) is 0.773. The Bertz CT molecular complexity index is 711. The Morgan fingerprint density at radius 3 is 3.09 bits per heavy atom. The summed E-state index contributed by atoms with van der Waals surface area (Å²) in [5.41, 5.74) is 4.77. The molecule has 0 amide bonds. The number of benzene rings is 1. The van der Waals surface area contributed by atoms with Crippen molar-refractivity contribution >= 4 is 12.0 Å². The number of nitrogens with zero attached hydrogens (tertiary/aromatic N) is 1. The van der Waals surface area contributed by atoms with Gasteiger partial charge in [0.1, 0.15) is 0 Å². The van der Waals surface area contributed by atoms with Crippen molar-refractivity contribution in [3.8, 4) is 0 Å². The Kier molecular flexibility index (Phi) is 4.83. The average Bonchev–Trinajstić information content (AvgIpc) is 3.01. The average molecular weight is 308 g/mol. The molecule has 4 nitrogen and oxygen atoms in total. The second-order valence-electron chi connectivity index (χ2n) is 5.61. The Morgan fingerprint density at radius 2 is 2.30 bits per heavy atom. The van der Waals surface area contributed by atoms with Crippen molar-refractivity contribution in [1.82, 2.24) is 10.3 Å². The SMILES string of the molecule is COC(=O)/C=C/c1ccc2c(c1)CCC2NCc1ccccn1. The second-order valence-corrected chi connectivity index (χ2v) is 5.61. The van der Waals surface area contributed by atoms with Crippen molar-refractivity contribution in [3.63, 3.8) is 0 Å². The van der Waals surface area contributed by atoms with Gasteiger partial charge in [0.25, 0.3) is 0 Å². The van der Waals surface area contributed by atoms with Gasteiger partial charge in [0.2, 0.25) is 0 Å². The topological polar surface area (TPSA) is 51.2 Å². The molecule has 118 valence electrons. The molecule has 4 heteroatoms. The van der Waals surface area contributed by atoms with Crippen LogP contribution in [-0.4, -0.2) is 18.1 Å². The molecule has 1 heterocycles. The smallest absolute Gasteiger partial charge is 0.330 e. The summed E-state index contributed by atoms with van der Waals surface area (Å²) in [4.78, 5) is 15.5. The van der Waals surface area contributed by atoms with Gasteiger partial charge in [0.05, 0.1) is 12.8 Å². The predicted octanol–water partition coefficient (Wildman–Crippen LogP) is 3.04. The van der Waals surface area contributed by atoms with E-state index in [0.29, 0.717) is 6.04 Å². The first-order valence-electron chi connectivity index (χ1n) is 7.78. The zero-order chi connectivity index (χ0) is 16.1. The summed E-state index contributed by atoms with van der Waals surface area (Å²) in [5, 5.41) is 3.58. The third-order valence-electron chi connectivity index (χ3n) is 4.11. The van der Waals surface area contributed by atoms with Gasteiger partial charge in [-0.3, -0.25) is 4.98 Å². The molecule has 1 unspecified atom stereocenters. The number of nitrogens with one attached hydrogen (secondary N) is 1. The highest BCUT2D eigenvalue weighted by Gasteiger charge is 2.21. The van der Waals surface area contributed by atoms with Crippen LogP contribution in [0.5, 0.6) is 0 Å². The summed E-state index contributed by atoms with van der Waals surface area (Å²) in [6, 6.07) is 12.7. The first-order chi connectivity index (χ1) is 11.3. The number of esters is 1. The largest absolute Gasteiger partial charge is 0.466 e. The Labute approximate surface area is 136 Å². The molecule has 1 N–H and O–H groups in total. The highest BCUT2D eigenvalue weighted by atomic mass is 16.5. The van der Waals surface area contributed by atoms with Gasteiger partial charge in [-0.2, -0.15) is 0 Å². The number of pyridine rings is 1. The molecule has 0 spiro atoms. The number of hydrogen-bond acceptors (Lipinski definition) is 4. The number of aryl methyl sites for hydroxylation is 1. The van der Waals surface area contributed by atoms with Crippen LogP contribution < -0.4 is 5.32 Å². The van der Waals surface area contributed by atoms with Gasteiger partial charge in [0.15, 0.2) is 0 Å². The molecule has 3 rings (SSSR count). The van der Waals surface area contributed by atoms with E-state index >= 15 is 0 Å². The molecule has 0 saturated carbocycles. The maximum atomic E-state index is 11.2. The zero-order valence-corrected chi connectivity index (χ0v) is 13.2. The van der Waals surface area contributed by atoms with Crippen LogP contribution in [0.3, 0.4) is 0 Å². The molecule has 0 radical (unpaired) electrons. The molecule has 1 aromatic carbocycles. The lowest BCUT2D eigenvalue weighted by Gasteiger charge is -2.14. The molecular weight excluding hydrogens is 288 g/mol. The fourth-order valence-electron chi connectivity index (χ4n) is 2.92. The molecule has 1 atom stereocenters. The zero-order valence-electron chi connectivity index (χ0n) is 13.2. The summed E-state index contributed by atoms with van der Waals surface area (Å²) in [7, 11) is 1.38.